The lowest BCUT2D eigenvalue weighted by Gasteiger charge is -2.11. The van der Waals surface area contributed by atoms with Crippen LogP contribution in [0.5, 0.6) is 0 Å². The third-order valence-corrected chi connectivity index (χ3v) is 1.68. The van der Waals surface area contributed by atoms with Crippen LogP contribution in [0.1, 0.15) is 39.5 Å². The number of hydrogen-bond donors (Lipinski definition) is 2. The summed E-state index contributed by atoms with van der Waals surface area (Å²) in [6, 6.07) is -0.0462. The van der Waals surface area contributed by atoms with Crippen LogP contribution in [0.4, 0.5) is 0 Å². The molecule has 0 aliphatic rings. The molecule has 2 N–H and O–H groups in total. The lowest BCUT2D eigenvalue weighted by molar-refractivity contribution is -0.137. The van der Waals surface area contributed by atoms with Crippen molar-refractivity contribution in [2.75, 3.05) is 0 Å². The van der Waals surface area contributed by atoms with Crippen molar-refractivity contribution in [2.45, 2.75) is 45.6 Å². The van der Waals surface area contributed by atoms with Crippen LogP contribution in [0, 0.1) is 0 Å². The lowest BCUT2D eigenvalue weighted by Crippen LogP contribution is -2.32. The zero-order chi connectivity index (χ0) is 10.3. The minimum Gasteiger partial charge on any atom is -0.481 e. The van der Waals surface area contributed by atoms with Crippen LogP contribution in [-0.4, -0.2) is 23.0 Å². The average molecular weight is 187 g/mol. The number of aliphatic carboxylic acids is 1. The third-order valence-electron chi connectivity index (χ3n) is 1.68. The van der Waals surface area contributed by atoms with E-state index in [9.17, 15) is 9.59 Å². The fraction of sp³-hybridized carbons (Fsp3) is 0.778. The minimum atomic E-state index is -0.823. The molecule has 0 radical (unpaired) electrons. The number of carboxylic acid groups (broad SMARTS) is 1. The molecule has 0 saturated heterocycles. The van der Waals surface area contributed by atoms with Gasteiger partial charge in [0.1, 0.15) is 0 Å². The summed E-state index contributed by atoms with van der Waals surface area (Å²) in [7, 11) is 0. The highest BCUT2D eigenvalue weighted by atomic mass is 16.4. The Balaban J connectivity index is 3.55. The van der Waals surface area contributed by atoms with Gasteiger partial charge in [0.2, 0.25) is 5.91 Å². The van der Waals surface area contributed by atoms with E-state index in [-0.39, 0.29) is 18.4 Å². The molecule has 13 heavy (non-hydrogen) atoms. The van der Waals surface area contributed by atoms with Crippen LogP contribution in [0.2, 0.25) is 0 Å². The predicted molar refractivity (Wildman–Crippen MR) is 49.4 cm³/mol. The Morgan fingerprint density at radius 3 is 2.46 bits per heavy atom. The molecule has 0 fully saturated rings. The van der Waals surface area contributed by atoms with Crippen molar-refractivity contribution in [2.24, 2.45) is 0 Å². The summed E-state index contributed by atoms with van der Waals surface area (Å²) < 4.78 is 0. The number of carboxylic acids is 1. The highest BCUT2D eigenvalue weighted by Crippen LogP contribution is 1.97. The van der Waals surface area contributed by atoms with Crippen LogP contribution in [-0.2, 0) is 9.59 Å². The normalized spacial score (nSPS) is 12.2. The summed E-state index contributed by atoms with van der Waals surface area (Å²) in [6.07, 6.45) is 1.92. The monoisotopic (exact) mass is 187 g/mol. The second kappa shape index (κ2) is 6.46. The zero-order valence-corrected chi connectivity index (χ0v) is 8.17. The SMILES string of the molecule is CCCC(=O)N[C@H](C)CCC(=O)O. The first-order valence-electron chi connectivity index (χ1n) is 4.57. The molecule has 0 aromatic carbocycles. The molecule has 0 aromatic rings. The Labute approximate surface area is 78.3 Å². The maximum atomic E-state index is 11.0. The number of nitrogens with one attached hydrogen (secondary N) is 1. The highest BCUT2D eigenvalue weighted by Gasteiger charge is 2.07. The topological polar surface area (TPSA) is 66.4 Å². The van der Waals surface area contributed by atoms with Crippen LogP contribution < -0.4 is 5.32 Å². The van der Waals surface area contributed by atoms with E-state index in [1.165, 1.54) is 0 Å². The fourth-order valence-electron chi connectivity index (χ4n) is 0.986. The Morgan fingerprint density at radius 1 is 1.38 bits per heavy atom. The van der Waals surface area contributed by atoms with Gasteiger partial charge >= 0.3 is 5.97 Å². The number of carbonyl (C=O) groups is 2. The van der Waals surface area contributed by atoms with E-state index in [2.05, 4.69) is 5.32 Å². The molecule has 76 valence electrons. The van der Waals surface area contributed by atoms with Gasteiger partial charge in [0.25, 0.3) is 0 Å². The molecule has 4 heteroatoms. The van der Waals surface area contributed by atoms with Crippen molar-refractivity contribution in [1.82, 2.24) is 5.32 Å². The highest BCUT2D eigenvalue weighted by molar-refractivity contribution is 5.76. The first-order chi connectivity index (χ1) is 6.06. The first-order valence-corrected chi connectivity index (χ1v) is 4.57. The van der Waals surface area contributed by atoms with Gasteiger partial charge in [0.05, 0.1) is 0 Å². The van der Waals surface area contributed by atoms with Gasteiger partial charge in [0, 0.05) is 18.9 Å². The third kappa shape index (κ3) is 7.31. The molecule has 0 rings (SSSR count). The van der Waals surface area contributed by atoms with Gasteiger partial charge in [-0.2, -0.15) is 0 Å². The largest absolute Gasteiger partial charge is 0.481 e. The summed E-state index contributed by atoms with van der Waals surface area (Å²) in [4.78, 5) is 21.2. The summed E-state index contributed by atoms with van der Waals surface area (Å²) in [5, 5.41) is 11.1. The summed E-state index contributed by atoms with van der Waals surface area (Å²) >= 11 is 0. The summed E-state index contributed by atoms with van der Waals surface area (Å²) in [6.45, 7) is 3.75. The molecule has 4 nitrogen and oxygen atoms in total. The van der Waals surface area contributed by atoms with E-state index < -0.39 is 5.97 Å². The first kappa shape index (κ1) is 11.9. The standard InChI is InChI=1S/C9H17NO3/c1-3-4-8(11)10-7(2)5-6-9(12)13/h7H,3-6H2,1-2H3,(H,10,11)(H,12,13)/t7-/m1/s1. The number of hydrogen-bond acceptors (Lipinski definition) is 2. The maximum Gasteiger partial charge on any atom is 0.303 e. The molecular formula is C9H17NO3. The second-order valence-corrected chi connectivity index (χ2v) is 3.15. The van der Waals surface area contributed by atoms with Gasteiger partial charge in [-0.25, -0.2) is 0 Å². The predicted octanol–water partition coefficient (Wildman–Crippen LogP) is 1.16. The molecule has 1 atom stereocenters. The zero-order valence-electron chi connectivity index (χ0n) is 8.17. The number of rotatable bonds is 6. The molecule has 0 aliphatic heterocycles. The molecular weight excluding hydrogens is 170 g/mol. The van der Waals surface area contributed by atoms with E-state index in [1.807, 2.05) is 13.8 Å². The van der Waals surface area contributed by atoms with E-state index >= 15 is 0 Å². The Kier molecular flexibility index (Phi) is 5.93. The van der Waals surface area contributed by atoms with Crippen molar-refractivity contribution in [3.05, 3.63) is 0 Å². The van der Waals surface area contributed by atoms with E-state index in [1.54, 1.807) is 0 Å². The van der Waals surface area contributed by atoms with Crippen LogP contribution in [0.15, 0.2) is 0 Å². The summed E-state index contributed by atoms with van der Waals surface area (Å²) in [5.41, 5.74) is 0. The lowest BCUT2D eigenvalue weighted by atomic mass is 10.2. The fourth-order valence-corrected chi connectivity index (χ4v) is 0.986. The van der Waals surface area contributed by atoms with Gasteiger partial charge in [0.15, 0.2) is 0 Å². The van der Waals surface area contributed by atoms with Crippen molar-refractivity contribution < 1.29 is 14.7 Å². The average Bonchev–Trinajstić information content (AvgIpc) is 2.01. The quantitative estimate of drug-likeness (QED) is 0.655. The minimum absolute atomic E-state index is 0.000360. The van der Waals surface area contributed by atoms with Crippen molar-refractivity contribution in [3.63, 3.8) is 0 Å². The van der Waals surface area contributed by atoms with Crippen LogP contribution in [0.25, 0.3) is 0 Å². The molecule has 0 unspecified atom stereocenters. The van der Waals surface area contributed by atoms with E-state index in [0.29, 0.717) is 12.8 Å². The second-order valence-electron chi connectivity index (χ2n) is 3.15. The smallest absolute Gasteiger partial charge is 0.303 e. The van der Waals surface area contributed by atoms with E-state index in [4.69, 9.17) is 5.11 Å². The Hall–Kier alpha value is -1.06. The molecule has 0 heterocycles. The Morgan fingerprint density at radius 2 is 2.00 bits per heavy atom. The van der Waals surface area contributed by atoms with Gasteiger partial charge < -0.3 is 10.4 Å². The molecule has 0 spiro atoms. The van der Waals surface area contributed by atoms with Crippen LogP contribution >= 0.6 is 0 Å². The van der Waals surface area contributed by atoms with Crippen molar-refractivity contribution in [1.29, 1.82) is 0 Å². The maximum absolute atomic E-state index is 11.0. The van der Waals surface area contributed by atoms with Gasteiger partial charge in [-0.15, -0.1) is 0 Å². The van der Waals surface area contributed by atoms with Gasteiger partial charge in [-0.3, -0.25) is 9.59 Å². The molecule has 0 bridgehead atoms. The molecule has 1 amide bonds. The van der Waals surface area contributed by atoms with Crippen LogP contribution in [0.3, 0.4) is 0 Å². The number of amides is 1. The molecule has 0 saturated carbocycles. The summed E-state index contributed by atoms with van der Waals surface area (Å²) in [5.74, 6) is -0.822. The van der Waals surface area contributed by atoms with Gasteiger partial charge in [-0.1, -0.05) is 6.92 Å². The number of carbonyl (C=O) groups excluding carboxylic acids is 1. The van der Waals surface area contributed by atoms with Crippen molar-refractivity contribution in [3.8, 4) is 0 Å². The molecule has 0 aliphatic carbocycles. The van der Waals surface area contributed by atoms with Crippen molar-refractivity contribution >= 4 is 11.9 Å². The molecule has 0 aromatic heterocycles. The van der Waals surface area contributed by atoms with E-state index in [0.717, 1.165) is 6.42 Å². The Bertz CT molecular complexity index is 180. The van der Waals surface area contributed by atoms with Gasteiger partial charge in [-0.05, 0) is 19.8 Å².